The minimum Gasteiger partial charge on any atom is -0.0654 e. The van der Waals surface area contributed by atoms with Crippen molar-refractivity contribution in [3.05, 3.63) is 0 Å². The Labute approximate surface area is 35.6 Å². The first-order valence-corrected chi connectivity index (χ1v) is 2.21. The number of unbranched alkanes of at least 4 members (excludes halogenated alkanes) is 2. The summed E-state index contributed by atoms with van der Waals surface area (Å²) in [5.74, 6) is 0. The van der Waals surface area contributed by atoms with Gasteiger partial charge in [0.1, 0.15) is 0 Å². The molecule has 0 spiro atoms. The van der Waals surface area contributed by atoms with Crippen LogP contribution in [0.25, 0.3) is 0 Å². The second kappa shape index (κ2) is 4.00. The van der Waals surface area contributed by atoms with E-state index in [4.69, 9.17) is 1.37 Å². The Morgan fingerprint density at radius 1 is 1.60 bits per heavy atom. The van der Waals surface area contributed by atoms with Gasteiger partial charge in [0.05, 0.1) is 0 Å². The fourth-order valence-electron chi connectivity index (χ4n) is 0.250. The zero-order valence-corrected chi connectivity index (χ0v) is 3.83. The Morgan fingerprint density at radius 2 is 2.40 bits per heavy atom. The molecule has 0 heteroatoms. The summed E-state index contributed by atoms with van der Waals surface area (Å²) in [6, 6.07) is 0. The summed E-state index contributed by atoms with van der Waals surface area (Å²) in [7, 11) is 0. The molecule has 0 aliphatic carbocycles. The highest BCUT2D eigenvalue weighted by atomic mass is 13.7. The van der Waals surface area contributed by atoms with Gasteiger partial charge in [-0.2, -0.15) is 0 Å². The Morgan fingerprint density at radius 3 is 2.60 bits per heavy atom. The molecular weight excluding hydrogens is 60.1 g/mol. The van der Waals surface area contributed by atoms with E-state index in [-0.39, 0.29) is 0 Å². The van der Waals surface area contributed by atoms with Crippen LogP contribution >= 0.6 is 0 Å². The summed E-state index contributed by atoms with van der Waals surface area (Å²) in [5, 5.41) is 0. The lowest BCUT2D eigenvalue weighted by Crippen LogP contribution is -1.59. The number of rotatable bonds is 2. The maximum Gasteiger partial charge on any atom is 0.0230 e. The van der Waals surface area contributed by atoms with E-state index in [1.165, 1.54) is 12.8 Å². The molecule has 0 fully saturated rings. The first-order chi connectivity index (χ1) is 2.91. The second-order valence-electron chi connectivity index (χ2n) is 1.21. The van der Waals surface area contributed by atoms with Crippen molar-refractivity contribution in [3.8, 4) is 0 Å². The van der Waals surface area contributed by atoms with Crippen LogP contribution in [0, 0.1) is 0 Å². The quantitative estimate of drug-likeness (QED) is 0.440. The van der Waals surface area contributed by atoms with Crippen molar-refractivity contribution in [2.75, 3.05) is 0 Å². The van der Waals surface area contributed by atoms with Crippen LogP contribution in [0.5, 0.6) is 0 Å². The topological polar surface area (TPSA) is 0 Å². The van der Waals surface area contributed by atoms with Crippen LogP contribution in [-0.2, 0) is 0 Å². The third-order valence-electron chi connectivity index (χ3n) is 0.604. The minimum atomic E-state index is 0.605. The van der Waals surface area contributed by atoms with Gasteiger partial charge in [-0.3, -0.25) is 0 Å². The zero-order chi connectivity index (χ0) is 4.83. The molecule has 0 aliphatic rings. The van der Waals surface area contributed by atoms with Crippen molar-refractivity contribution in [1.82, 2.24) is 0 Å². The Kier molecular flexibility index (Phi) is 2.56. The van der Waals surface area contributed by atoms with E-state index in [1.54, 1.807) is 0 Å². The van der Waals surface area contributed by atoms with E-state index in [0.717, 1.165) is 6.42 Å². The molecule has 0 aromatic rings. The van der Waals surface area contributed by atoms with Crippen LogP contribution in [-0.4, -0.2) is 0 Å². The van der Waals surface area contributed by atoms with Gasteiger partial charge in [-0.15, -0.1) is 0 Å². The van der Waals surface area contributed by atoms with Gasteiger partial charge < -0.3 is 0 Å². The molecule has 32 valence electrons. The summed E-state index contributed by atoms with van der Waals surface area (Å²) < 4.78 is 6.71. The van der Waals surface area contributed by atoms with Gasteiger partial charge in [0.25, 0.3) is 0 Å². The molecule has 0 amide bonds. The van der Waals surface area contributed by atoms with Gasteiger partial charge in [-0.05, 0) is 0 Å². The smallest absolute Gasteiger partial charge is 0.0230 e. The lowest BCUT2D eigenvalue weighted by molar-refractivity contribution is 0.772. The van der Waals surface area contributed by atoms with Crippen molar-refractivity contribution < 1.29 is 1.37 Å². The standard InChI is InChI=1S/C5H12/c1-3-5-4-2/h3-5H2,1-2H3/i1T. The number of hydrogen-bond donors (Lipinski definition) is 0. The SMILES string of the molecule is [3H]CCCCC. The summed E-state index contributed by atoms with van der Waals surface area (Å²) in [6.45, 7) is 2.75. The maximum atomic E-state index is 6.71. The molecule has 0 saturated heterocycles. The van der Waals surface area contributed by atoms with E-state index >= 15 is 0 Å². The van der Waals surface area contributed by atoms with Crippen molar-refractivity contribution in [2.45, 2.75) is 33.1 Å². The highest BCUT2D eigenvalue weighted by molar-refractivity contribution is 4.24. The molecule has 0 nitrogen and oxygen atoms in total. The van der Waals surface area contributed by atoms with E-state index in [1.807, 2.05) is 0 Å². The van der Waals surface area contributed by atoms with Gasteiger partial charge in [0, 0.05) is 1.37 Å². The molecule has 0 saturated carbocycles. The Balaban J connectivity index is 2.34. The van der Waals surface area contributed by atoms with E-state index < -0.39 is 0 Å². The van der Waals surface area contributed by atoms with Crippen molar-refractivity contribution in [1.29, 1.82) is 0 Å². The molecular formula is C5H12. The van der Waals surface area contributed by atoms with Gasteiger partial charge in [-0.25, -0.2) is 0 Å². The molecule has 0 bridgehead atoms. The molecule has 0 rings (SSSR count). The monoisotopic (exact) mass is 74.1 g/mol. The van der Waals surface area contributed by atoms with Crippen molar-refractivity contribution in [3.63, 3.8) is 0 Å². The van der Waals surface area contributed by atoms with Gasteiger partial charge >= 0.3 is 0 Å². The van der Waals surface area contributed by atoms with Crippen LogP contribution in [0.4, 0.5) is 0 Å². The molecule has 0 radical (unpaired) electrons. The molecule has 0 aromatic carbocycles. The first kappa shape index (κ1) is 3.20. The highest BCUT2D eigenvalue weighted by Crippen LogP contribution is 1.88. The van der Waals surface area contributed by atoms with Crippen LogP contribution in [0.1, 0.15) is 34.5 Å². The van der Waals surface area contributed by atoms with Crippen LogP contribution in [0.3, 0.4) is 0 Å². The molecule has 0 heterocycles. The molecule has 0 aromatic heterocycles. The summed E-state index contributed by atoms with van der Waals surface area (Å²) in [6.07, 6.45) is 3.54. The van der Waals surface area contributed by atoms with Crippen molar-refractivity contribution in [2.24, 2.45) is 0 Å². The Hall–Kier alpha value is 0. The van der Waals surface area contributed by atoms with Crippen LogP contribution < -0.4 is 0 Å². The second-order valence-corrected chi connectivity index (χ2v) is 1.21. The zero-order valence-electron chi connectivity index (χ0n) is 4.83. The lowest BCUT2D eigenvalue weighted by atomic mass is 10.3. The third-order valence-corrected chi connectivity index (χ3v) is 0.604. The van der Waals surface area contributed by atoms with E-state index in [9.17, 15) is 0 Å². The Bertz CT molecular complexity index is 15.9. The summed E-state index contributed by atoms with van der Waals surface area (Å²) >= 11 is 0. The lowest BCUT2D eigenvalue weighted by Gasteiger charge is -1.79. The maximum absolute atomic E-state index is 6.71. The summed E-state index contributed by atoms with van der Waals surface area (Å²) in [5.41, 5.74) is 0. The summed E-state index contributed by atoms with van der Waals surface area (Å²) in [4.78, 5) is 0. The molecule has 0 N–H and O–H groups in total. The first-order valence-electron chi connectivity index (χ1n) is 2.91. The molecule has 0 atom stereocenters. The average molecular weight is 74.2 g/mol. The predicted octanol–water partition coefficient (Wildman–Crippen LogP) is 2.20. The largest absolute Gasteiger partial charge is 0.0654 e. The average Bonchev–Trinajstić information content (AvgIpc) is 1.61. The van der Waals surface area contributed by atoms with E-state index in [2.05, 4.69) is 6.92 Å². The highest BCUT2D eigenvalue weighted by Gasteiger charge is 1.68. The molecule has 0 aliphatic heterocycles. The van der Waals surface area contributed by atoms with Crippen molar-refractivity contribution >= 4 is 0 Å². The minimum absolute atomic E-state index is 0.605. The van der Waals surface area contributed by atoms with Gasteiger partial charge in [0.2, 0.25) is 0 Å². The van der Waals surface area contributed by atoms with E-state index in [0.29, 0.717) is 6.90 Å². The fraction of sp³-hybridized carbons (Fsp3) is 1.00. The molecule has 0 unspecified atom stereocenters. The van der Waals surface area contributed by atoms with Gasteiger partial charge in [-0.1, -0.05) is 33.1 Å². The predicted molar refractivity (Wildman–Crippen MR) is 25.2 cm³/mol. The van der Waals surface area contributed by atoms with Crippen LogP contribution in [0.2, 0.25) is 0 Å². The number of hydrogen-bond acceptors (Lipinski definition) is 0. The third kappa shape index (κ3) is 4.00. The fourth-order valence-corrected chi connectivity index (χ4v) is 0.250. The normalized spacial score (nSPS) is 11.0. The van der Waals surface area contributed by atoms with Gasteiger partial charge in [0.15, 0.2) is 0 Å². The van der Waals surface area contributed by atoms with Crippen LogP contribution in [0.15, 0.2) is 0 Å². The molecule has 5 heavy (non-hydrogen) atoms.